The first kappa shape index (κ1) is 14.2. The summed E-state index contributed by atoms with van der Waals surface area (Å²) in [5, 5.41) is 8.45. The Bertz CT molecular complexity index is 745. The van der Waals surface area contributed by atoms with Gasteiger partial charge in [0.25, 0.3) is 0 Å². The van der Waals surface area contributed by atoms with Crippen LogP contribution in [0.4, 0.5) is 16.6 Å². The molecule has 22 heavy (non-hydrogen) atoms. The number of nitrogens with zero attached hydrogens (tertiary/aromatic N) is 3. The van der Waals surface area contributed by atoms with Gasteiger partial charge in [-0.3, -0.25) is 9.78 Å². The standard InChI is InChI=1S/C15H13N5OS/c21-14(18-11-4-3-6-16-9-11)8-12-10-22-15(19-12)20-13-5-1-2-7-17-13/h1-7,9-10H,8H2,(H,18,21)(H,17,19,20). The van der Waals surface area contributed by atoms with Crippen LogP contribution in [0.5, 0.6) is 0 Å². The topological polar surface area (TPSA) is 79.8 Å². The molecule has 1 amide bonds. The highest BCUT2D eigenvalue weighted by Gasteiger charge is 2.08. The van der Waals surface area contributed by atoms with Gasteiger partial charge in [0.1, 0.15) is 5.82 Å². The first-order valence-electron chi connectivity index (χ1n) is 6.62. The SMILES string of the molecule is O=C(Cc1csc(Nc2ccccn2)n1)Nc1cccnc1. The van der Waals surface area contributed by atoms with Crippen LogP contribution in [0.3, 0.4) is 0 Å². The maximum absolute atomic E-state index is 11.9. The third-order valence-corrected chi connectivity index (χ3v) is 3.55. The number of nitrogens with one attached hydrogen (secondary N) is 2. The van der Waals surface area contributed by atoms with Crippen molar-refractivity contribution in [1.29, 1.82) is 0 Å². The Morgan fingerprint density at radius 1 is 1.18 bits per heavy atom. The van der Waals surface area contributed by atoms with Gasteiger partial charge in [0.15, 0.2) is 5.13 Å². The van der Waals surface area contributed by atoms with Crippen LogP contribution >= 0.6 is 11.3 Å². The molecule has 0 saturated heterocycles. The minimum Gasteiger partial charge on any atom is -0.324 e. The van der Waals surface area contributed by atoms with Crippen molar-refractivity contribution in [3.05, 3.63) is 60.0 Å². The van der Waals surface area contributed by atoms with E-state index in [-0.39, 0.29) is 12.3 Å². The average Bonchev–Trinajstić information content (AvgIpc) is 2.96. The van der Waals surface area contributed by atoms with Crippen molar-refractivity contribution in [1.82, 2.24) is 15.0 Å². The lowest BCUT2D eigenvalue weighted by Gasteiger charge is -2.02. The largest absolute Gasteiger partial charge is 0.324 e. The highest BCUT2D eigenvalue weighted by molar-refractivity contribution is 7.13. The summed E-state index contributed by atoms with van der Waals surface area (Å²) in [7, 11) is 0. The molecule has 3 aromatic heterocycles. The molecule has 0 spiro atoms. The van der Waals surface area contributed by atoms with Gasteiger partial charge in [0, 0.05) is 17.8 Å². The van der Waals surface area contributed by atoms with E-state index in [0.717, 1.165) is 5.82 Å². The smallest absolute Gasteiger partial charge is 0.230 e. The van der Waals surface area contributed by atoms with E-state index in [9.17, 15) is 4.79 Å². The Morgan fingerprint density at radius 2 is 2.14 bits per heavy atom. The van der Waals surface area contributed by atoms with Gasteiger partial charge in [-0.2, -0.15) is 0 Å². The Balaban J connectivity index is 1.58. The van der Waals surface area contributed by atoms with E-state index >= 15 is 0 Å². The molecular formula is C15H13N5OS. The molecule has 3 aromatic rings. The summed E-state index contributed by atoms with van der Waals surface area (Å²) in [6.45, 7) is 0. The van der Waals surface area contributed by atoms with Gasteiger partial charge < -0.3 is 10.6 Å². The second-order valence-corrected chi connectivity index (χ2v) is 5.31. The van der Waals surface area contributed by atoms with Crippen molar-refractivity contribution in [3.8, 4) is 0 Å². The molecule has 0 saturated carbocycles. The van der Waals surface area contributed by atoms with E-state index in [1.807, 2.05) is 23.6 Å². The number of anilines is 3. The molecular weight excluding hydrogens is 298 g/mol. The fourth-order valence-corrected chi connectivity index (χ4v) is 2.52. The molecule has 0 atom stereocenters. The monoisotopic (exact) mass is 311 g/mol. The van der Waals surface area contributed by atoms with Crippen molar-refractivity contribution in [2.24, 2.45) is 0 Å². The first-order valence-corrected chi connectivity index (χ1v) is 7.50. The number of hydrogen-bond acceptors (Lipinski definition) is 6. The van der Waals surface area contributed by atoms with Gasteiger partial charge in [0.05, 0.1) is 24.0 Å². The lowest BCUT2D eigenvalue weighted by molar-refractivity contribution is -0.115. The van der Waals surface area contributed by atoms with Crippen LogP contribution in [-0.2, 0) is 11.2 Å². The summed E-state index contributed by atoms with van der Waals surface area (Å²) in [6.07, 6.45) is 5.19. The summed E-state index contributed by atoms with van der Waals surface area (Å²) in [5.74, 6) is 0.603. The Hall–Kier alpha value is -2.80. The van der Waals surface area contributed by atoms with Gasteiger partial charge >= 0.3 is 0 Å². The lowest BCUT2D eigenvalue weighted by Crippen LogP contribution is -2.14. The predicted octanol–water partition coefficient (Wildman–Crippen LogP) is 2.86. The van der Waals surface area contributed by atoms with Gasteiger partial charge in [-0.1, -0.05) is 6.07 Å². The first-order chi connectivity index (χ1) is 10.8. The van der Waals surface area contributed by atoms with Crippen LogP contribution in [0.2, 0.25) is 0 Å². The van der Waals surface area contributed by atoms with Crippen LogP contribution in [0.15, 0.2) is 54.3 Å². The molecule has 0 aliphatic carbocycles. The van der Waals surface area contributed by atoms with E-state index in [2.05, 4.69) is 25.6 Å². The Morgan fingerprint density at radius 3 is 2.91 bits per heavy atom. The normalized spacial score (nSPS) is 10.2. The molecule has 7 heteroatoms. The van der Waals surface area contributed by atoms with Crippen molar-refractivity contribution < 1.29 is 4.79 Å². The third-order valence-electron chi connectivity index (χ3n) is 2.74. The minimum absolute atomic E-state index is 0.123. The lowest BCUT2D eigenvalue weighted by atomic mass is 10.3. The van der Waals surface area contributed by atoms with E-state index < -0.39 is 0 Å². The number of carbonyl (C=O) groups excluding carboxylic acids is 1. The van der Waals surface area contributed by atoms with E-state index in [4.69, 9.17) is 0 Å². The minimum atomic E-state index is -0.123. The van der Waals surface area contributed by atoms with Gasteiger partial charge in [-0.25, -0.2) is 9.97 Å². The van der Waals surface area contributed by atoms with Crippen LogP contribution in [0.1, 0.15) is 5.69 Å². The van der Waals surface area contributed by atoms with Crippen LogP contribution in [0.25, 0.3) is 0 Å². The molecule has 0 fully saturated rings. The molecule has 3 rings (SSSR count). The summed E-state index contributed by atoms with van der Waals surface area (Å²) in [6, 6.07) is 9.16. The molecule has 0 aromatic carbocycles. The van der Waals surface area contributed by atoms with Gasteiger partial charge in [-0.05, 0) is 24.3 Å². The summed E-state index contributed by atoms with van der Waals surface area (Å²) < 4.78 is 0. The molecule has 0 aliphatic rings. The number of thiazole rings is 1. The summed E-state index contributed by atoms with van der Waals surface area (Å²) in [4.78, 5) is 24.4. The van der Waals surface area contributed by atoms with Gasteiger partial charge in [0.2, 0.25) is 5.91 Å². The van der Waals surface area contributed by atoms with Crippen LogP contribution < -0.4 is 10.6 Å². The second-order valence-electron chi connectivity index (χ2n) is 4.45. The quantitative estimate of drug-likeness (QED) is 0.757. The second kappa shape index (κ2) is 6.77. The average molecular weight is 311 g/mol. The fraction of sp³-hybridized carbons (Fsp3) is 0.0667. The van der Waals surface area contributed by atoms with Crippen LogP contribution in [-0.4, -0.2) is 20.9 Å². The summed E-state index contributed by atoms with van der Waals surface area (Å²) >= 11 is 1.44. The molecule has 2 N–H and O–H groups in total. The predicted molar refractivity (Wildman–Crippen MR) is 86.2 cm³/mol. The molecule has 3 heterocycles. The maximum Gasteiger partial charge on any atom is 0.230 e. The Labute approximate surface area is 131 Å². The number of carbonyl (C=O) groups is 1. The van der Waals surface area contributed by atoms with Crippen molar-refractivity contribution >= 4 is 33.9 Å². The zero-order valence-corrected chi connectivity index (χ0v) is 12.4. The highest BCUT2D eigenvalue weighted by Crippen LogP contribution is 2.19. The number of pyridine rings is 2. The molecule has 110 valence electrons. The number of hydrogen-bond donors (Lipinski definition) is 2. The van der Waals surface area contributed by atoms with Crippen LogP contribution in [0, 0.1) is 0 Å². The van der Waals surface area contributed by atoms with E-state index in [0.29, 0.717) is 16.5 Å². The summed E-state index contributed by atoms with van der Waals surface area (Å²) in [5.41, 5.74) is 1.39. The van der Waals surface area contributed by atoms with E-state index in [1.165, 1.54) is 11.3 Å². The maximum atomic E-state index is 11.9. The van der Waals surface area contributed by atoms with Crippen molar-refractivity contribution in [2.75, 3.05) is 10.6 Å². The number of amides is 1. The molecule has 0 radical (unpaired) electrons. The number of rotatable bonds is 5. The molecule has 6 nitrogen and oxygen atoms in total. The van der Waals surface area contributed by atoms with Gasteiger partial charge in [-0.15, -0.1) is 11.3 Å². The zero-order valence-electron chi connectivity index (χ0n) is 11.6. The molecule has 0 unspecified atom stereocenters. The highest BCUT2D eigenvalue weighted by atomic mass is 32.1. The third kappa shape index (κ3) is 3.86. The zero-order chi connectivity index (χ0) is 15.2. The molecule has 0 bridgehead atoms. The van der Waals surface area contributed by atoms with Crippen molar-refractivity contribution in [2.45, 2.75) is 6.42 Å². The number of aromatic nitrogens is 3. The van der Waals surface area contributed by atoms with Crippen molar-refractivity contribution in [3.63, 3.8) is 0 Å². The molecule has 0 aliphatic heterocycles. The fourth-order valence-electron chi connectivity index (χ4n) is 1.80. The van der Waals surface area contributed by atoms with E-state index in [1.54, 1.807) is 30.7 Å². The Kier molecular flexibility index (Phi) is 4.35.